The fourth-order valence-electron chi connectivity index (χ4n) is 4.81. The molecule has 1 aromatic heterocycles. The van der Waals surface area contributed by atoms with Crippen LogP contribution in [0.2, 0.25) is 0 Å². The number of aliphatic hydroxyl groups is 1. The zero-order valence-corrected chi connectivity index (χ0v) is 14.5. The van der Waals surface area contributed by atoms with E-state index >= 15 is 0 Å². The second-order valence-corrected chi connectivity index (χ2v) is 7.58. The molecule has 0 spiro atoms. The highest BCUT2D eigenvalue weighted by molar-refractivity contribution is 5.43. The highest BCUT2D eigenvalue weighted by Gasteiger charge is 2.43. The van der Waals surface area contributed by atoms with Crippen LogP contribution in [0.15, 0.2) is 12.3 Å². The average Bonchev–Trinajstić information content (AvgIpc) is 3.15. The summed E-state index contributed by atoms with van der Waals surface area (Å²) in [6.07, 6.45) is 10.1. The van der Waals surface area contributed by atoms with E-state index in [1.54, 1.807) is 0 Å². The molecule has 0 aliphatic carbocycles. The summed E-state index contributed by atoms with van der Waals surface area (Å²) >= 11 is 0. The van der Waals surface area contributed by atoms with Gasteiger partial charge in [0.25, 0.3) is 0 Å². The van der Waals surface area contributed by atoms with Gasteiger partial charge in [-0.1, -0.05) is 0 Å². The van der Waals surface area contributed by atoms with Crippen LogP contribution < -0.4 is 10.2 Å². The molecule has 0 bridgehead atoms. The minimum Gasteiger partial charge on any atom is -0.391 e. The lowest BCUT2D eigenvalue weighted by Crippen LogP contribution is -2.40. The van der Waals surface area contributed by atoms with Gasteiger partial charge in [-0.25, -0.2) is 4.98 Å². The van der Waals surface area contributed by atoms with Gasteiger partial charge in [0.15, 0.2) is 0 Å². The number of β-amino-alcohol motifs (C(OH)–C–C–N with tert-alkyl or cyclic N) is 1. The predicted molar refractivity (Wildman–Crippen MR) is 95.4 cm³/mol. The van der Waals surface area contributed by atoms with Crippen molar-refractivity contribution < 1.29 is 5.11 Å². The van der Waals surface area contributed by atoms with Crippen molar-refractivity contribution >= 4 is 11.8 Å². The number of rotatable bonds is 5. The van der Waals surface area contributed by atoms with Crippen molar-refractivity contribution in [3.63, 3.8) is 0 Å². The van der Waals surface area contributed by atoms with E-state index in [0.717, 1.165) is 31.7 Å². The molecule has 1 aromatic rings. The van der Waals surface area contributed by atoms with Crippen LogP contribution in [0.5, 0.6) is 0 Å². The molecular formula is C18H29N5O. The van der Waals surface area contributed by atoms with Crippen LogP contribution >= 0.6 is 0 Å². The lowest BCUT2D eigenvalue weighted by atomic mass is 9.90. The second kappa shape index (κ2) is 6.84. The summed E-state index contributed by atoms with van der Waals surface area (Å²) < 4.78 is 0. The fraction of sp³-hybridized carbons (Fsp3) is 0.778. The van der Waals surface area contributed by atoms with Crippen molar-refractivity contribution in [2.45, 2.75) is 56.6 Å². The fourth-order valence-corrected chi connectivity index (χ4v) is 4.81. The molecule has 0 unspecified atom stereocenters. The Labute approximate surface area is 144 Å². The van der Waals surface area contributed by atoms with Crippen LogP contribution in [-0.4, -0.2) is 64.3 Å². The summed E-state index contributed by atoms with van der Waals surface area (Å²) in [4.78, 5) is 13.9. The van der Waals surface area contributed by atoms with Crippen LogP contribution in [-0.2, 0) is 0 Å². The molecule has 24 heavy (non-hydrogen) atoms. The Morgan fingerprint density at radius 3 is 2.83 bits per heavy atom. The van der Waals surface area contributed by atoms with Gasteiger partial charge in [-0.2, -0.15) is 4.98 Å². The summed E-state index contributed by atoms with van der Waals surface area (Å²) in [7, 11) is 0. The molecule has 2 N–H and O–H groups in total. The van der Waals surface area contributed by atoms with E-state index in [4.69, 9.17) is 0 Å². The van der Waals surface area contributed by atoms with Crippen molar-refractivity contribution in [1.82, 2.24) is 14.9 Å². The molecule has 0 radical (unpaired) electrons. The number of aliphatic hydroxyl groups excluding tert-OH is 1. The molecule has 0 aromatic carbocycles. The smallest absolute Gasteiger partial charge is 0.224 e. The van der Waals surface area contributed by atoms with Crippen molar-refractivity contribution in [2.75, 3.05) is 42.9 Å². The van der Waals surface area contributed by atoms with Crippen molar-refractivity contribution in [3.8, 4) is 0 Å². The maximum absolute atomic E-state index is 9.85. The SMILES string of the molecule is O[C@H]1CCCN(c2ccnc(NCCC34CCCN3CCC4)n2)C1. The van der Waals surface area contributed by atoms with Crippen LogP contribution in [0.1, 0.15) is 44.9 Å². The van der Waals surface area contributed by atoms with Crippen molar-refractivity contribution in [1.29, 1.82) is 0 Å². The Hall–Kier alpha value is -1.40. The summed E-state index contributed by atoms with van der Waals surface area (Å²) in [5.41, 5.74) is 0.446. The molecule has 3 fully saturated rings. The Morgan fingerprint density at radius 1 is 1.21 bits per heavy atom. The molecule has 6 nitrogen and oxygen atoms in total. The molecule has 1 atom stereocenters. The number of hydrogen-bond acceptors (Lipinski definition) is 6. The quantitative estimate of drug-likeness (QED) is 0.859. The number of anilines is 2. The van der Waals surface area contributed by atoms with Gasteiger partial charge in [-0.15, -0.1) is 0 Å². The monoisotopic (exact) mass is 331 g/mol. The zero-order chi connectivity index (χ0) is 16.4. The van der Waals surface area contributed by atoms with Gasteiger partial charge in [0.1, 0.15) is 5.82 Å². The minimum absolute atomic E-state index is 0.236. The van der Waals surface area contributed by atoms with Crippen LogP contribution in [0.25, 0.3) is 0 Å². The Morgan fingerprint density at radius 2 is 2.04 bits per heavy atom. The third kappa shape index (κ3) is 3.22. The van der Waals surface area contributed by atoms with E-state index in [0.29, 0.717) is 18.0 Å². The Bertz CT molecular complexity index is 556. The lowest BCUT2D eigenvalue weighted by molar-refractivity contribution is 0.154. The molecular weight excluding hydrogens is 302 g/mol. The van der Waals surface area contributed by atoms with Gasteiger partial charge in [0, 0.05) is 31.4 Å². The first-order valence-corrected chi connectivity index (χ1v) is 9.50. The molecule has 0 saturated carbocycles. The van der Waals surface area contributed by atoms with Gasteiger partial charge in [0.2, 0.25) is 5.95 Å². The summed E-state index contributed by atoms with van der Waals surface area (Å²) in [6.45, 7) is 5.13. The Balaban J connectivity index is 1.34. The van der Waals surface area contributed by atoms with Gasteiger partial charge in [0.05, 0.1) is 6.10 Å². The summed E-state index contributed by atoms with van der Waals surface area (Å²) in [5, 5.41) is 13.3. The van der Waals surface area contributed by atoms with Gasteiger partial charge in [-0.3, -0.25) is 4.90 Å². The molecule has 6 heteroatoms. The largest absolute Gasteiger partial charge is 0.391 e. The topological polar surface area (TPSA) is 64.5 Å². The number of fused-ring (bicyclic) bond motifs is 1. The first-order chi connectivity index (χ1) is 11.8. The van der Waals surface area contributed by atoms with E-state index in [1.165, 1.54) is 45.2 Å². The molecule has 3 aliphatic heterocycles. The molecule has 3 saturated heterocycles. The molecule has 4 rings (SSSR count). The number of aromatic nitrogens is 2. The van der Waals surface area contributed by atoms with Crippen molar-refractivity contribution in [2.24, 2.45) is 0 Å². The zero-order valence-electron chi connectivity index (χ0n) is 14.5. The number of nitrogens with one attached hydrogen (secondary N) is 1. The van der Waals surface area contributed by atoms with Gasteiger partial charge < -0.3 is 15.3 Å². The molecule has 3 aliphatic rings. The third-order valence-corrected chi connectivity index (χ3v) is 6.05. The third-order valence-electron chi connectivity index (χ3n) is 6.05. The minimum atomic E-state index is -0.236. The lowest BCUT2D eigenvalue weighted by Gasteiger charge is -2.32. The maximum Gasteiger partial charge on any atom is 0.224 e. The van der Waals surface area contributed by atoms with Gasteiger partial charge >= 0.3 is 0 Å². The average molecular weight is 331 g/mol. The summed E-state index contributed by atoms with van der Waals surface area (Å²) in [5.74, 6) is 1.64. The van der Waals surface area contributed by atoms with E-state index in [-0.39, 0.29) is 6.10 Å². The predicted octanol–water partition coefficient (Wildman–Crippen LogP) is 1.87. The molecule has 132 valence electrons. The van der Waals surface area contributed by atoms with Crippen molar-refractivity contribution in [3.05, 3.63) is 12.3 Å². The van der Waals surface area contributed by atoms with Crippen LogP contribution in [0, 0.1) is 0 Å². The highest BCUT2D eigenvalue weighted by atomic mass is 16.3. The standard InChI is InChI=1S/C18H29N5O/c24-15-4-1-11-22(14-15)16-5-9-19-17(21-16)20-10-8-18-6-2-12-23(18)13-3-7-18/h5,9,15,24H,1-4,6-8,10-14H2,(H,19,20,21)/t15-/m0/s1. The number of hydrogen-bond donors (Lipinski definition) is 2. The second-order valence-electron chi connectivity index (χ2n) is 7.58. The van der Waals surface area contributed by atoms with E-state index in [2.05, 4.69) is 25.1 Å². The highest BCUT2D eigenvalue weighted by Crippen LogP contribution is 2.41. The van der Waals surface area contributed by atoms with Gasteiger partial charge in [-0.05, 0) is 64.1 Å². The number of nitrogens with zero attached hydrogens (tertiary/aromatic N) is 4. The summed E-state index contributed by atoms with van der Waals surface area (Å²) in [6, 6.07) is 1.94. The first-order valence-electron chi connectivity index (χ1n) is 9.50. The van der Waals surface area contributed by atoms with Crippen LogP contribution in [0.4, 0.5) is 11.8 Å². The first kappa shape index (κ1) is 16.1. The van der Waals surface area contributed by atoms with E-state index in [9.17, 15) is 5.11 Å². The van der Waals surface area contributed by atoms with Crippen LogP contribution in [0.3, 0.4) is 0 Å². The maximum atomic E-state index is 9.85. The normalized spacial score (nSPS) is 26.5. The molecule has 0 amide bonds. The number of piperidine rings is 1. The van der Waals surface area contributed by atoms with E-state index < -0.39 is 0 Å². The Kier molecular flexibility index (Phi) is 4.59. The molecule has 4 heterocycles. The van der Waals surface area contributed by atoms with E-state index in [1.807, 2.05) is 12.3 Å².